The molecule has 0 saturated heterocycles. The van der Waals surface area contributed by atoms with Crippen molar-refractivity contribution in [2.24, 2.45) is 0 Å². The monoisotopic (exact) mass is 269 g/mol. The van der Waals surface area contributed by atoms with E-state index < -0.39 is 0 Å². The zero-order valence-corrected chi connectivity index (χ0v) is 10.9. The first-order valence-electron chi connectivity index (χ1n) is 4.91. The van der Waals surface area contributed by atoms with Crippen molar-refractivity contribution in [3.05, 3.63) is 28.8 Å². The number of anilines is 1. The summed E-state index contributed by atoms with van der Waals surface area (Å²) in [7, 11) is 1.62. The Morgan fingerprint density at radius 3 is 3.00 bits per heavy atom. The fourth-order valence-electron chi connectivity index (χ4n) is 1.12. The molecule has 0 atom stereocenters. The molecule has 0 aromatic heterocycles. The summed E-state index contributed by atoms with van der Waals surface area (Å²) < 4.78 is 4.88. The van der Waals surface area contributed by atoms with Crippen molar-refractivity contribution >= 4 is 34.6 Å². The van der Waals surface area contributed by atoms with Crippen molar-refractivity contribution in [1.82, 2.24) is 5.32 Å². The SMILES string of the molecule is COCCNC(=S)Nc1cc(C#N)ccc1Cl. The predicted molar refractivity (Wildman–Crippen MR) is 72.3 cm³/mol. The molecule has 0 heterocycles. The molecule has 0 fully saturated rings. The molecule has 1 aromatic carbocycles. The Bertz CT molecular complexity index is 445. The number of methoxy groups -OCH3 is 1. The van der Waals surface area contributed by atoms with Crippen LogP contribution in [0.15, 0.2) is 18.2 Å². The molecule has 4 nitrogen and oxygen atoms in total. The van der Waals surface area contributed by atoms with Crippen LogP contribution in [0.2, 0.25) is 5.02 Å². The number of halogens is 1. The smallest absolute Gasteiger partial charge is 0.170 e. The molecule has 1 aromatic rings. The summed E-state index contributed by atoms with van der Waals surface area (Å²) in [5.74, 6) is 0. The molecule has 17 heavy (non-hydrogen) atoms. The van der Waals surface area contributed by atoms with Gasteiger partial charge in [-0.25, -0.2) is 0 Å². The van der Waals surface area contributed by atoms with E-state index in [0.29, 0.717) is 34.5 Å². The van der Waals surface area contributed by atoms with Crippen LogP contribution in [0, 0.1) is 11.3 Å². The lowest BCUT2D eigenvalue weighted by atomic mass is 10.2. The zero-order valence-electron chi connectivity index (χ0n) is 9.29. The second-order valence-electron chi connectivity index (χ2n) is 3.18. The quantitative estimate of drug-likeness (QED) is 0.648. The average molecular weight is 270 g/mol. The standard InChI is InChI=1S/C11H12ClN3OS/c1-16-5-4-14-11(17)15-10-6-8(7-13)2-3-9(10)12/h2-3,6H,4-5H2,1H3,(H2,14,15,17). The Morgan fingerprint density at radius 2 is 2.35 bits per heavy atom. The van der Waals surface area contributed by atoms with E-state index in [1.807, 2.05) is 6.07 Å². The maximum absolute atomic E-state index is 8.77. The van der Waals surface area contributed by atoms with Crippen LogP contribution in [0.5, 0.6) is 0 Å². The van der Waals surface area contributed by atoms with Crippen LogP contribution < -0.4 is 10.6 Å². The van der Waals surface area contributed by atoms with Crippen LogP contribution in [0.3, 0.4) is 0 Å². The number of nitrogens with one attached hydrogen (secondary N) is 2. The summed E-state index contributed by atoms with van der Waals surface area (Å²) in [6.45, 7) is 1.17. The summed E-state index contributed by atoms with van der Waals surface area (Å²) in [4.78, 5) is 0. The van der Waals surface area contributed by atoms with Crippen LogP contribution in [0.25, 0.3) is 0 Å². The Hall–Kier alpha value is -1.35. The third-order valence-electron chi connectivity index (χ3n) is 1.94. The van der Waals surface area contributed by atoms with Gasteiger partial charge < -0.3 is 15.4 Å². The molecule has 90 valence electrons. The molecule has 0 aliphatic heterocycles. The van der Waals surface area contributed by atoms with Gasteiger partial charge in [0.05, 0.1) is 28.9 Å². The van der Waals surface area contributed by atoms with Crippen molar-refractivity contribution in [2.75, 3.05) is 25.6 Å². The maximum Gasteiger partial charge on any atom is 0.170 e. The second-order valence-corrected chi connectivity index (χ2v) is 4.00. The Morgan fingerprint density at radius 1 is 1.59 bits per heavy atom. The average Bonchev–Trinajstić information content (AvgIpc) is 2.32. The van der Waals surface area contributed by atoms with Gasteiger partial charge in [-0.05, 0) is 30.4 Å². The Labute approximate surface area is 111 Å². The van der Waals surface area contributed by atoms with Crippen molar-refractivity contribution in [3.63, 3.8) is 0 Å². The highest BCUT2D eigenvalue weighted by atomic mass is 35.5. The van der Waals surface area contributed by atoms with Crippen LogP contribution in [-0.4, -0.2) is 25.4 Å². The third-order valence-corrected chi connectivity index (χ3v) is 2.51. The molecule has 0 aliphatic rings. The van der Waals surface area contributed by atoms with Gasteiger partial charge in [-0.15, -0.1) is 0 Å². The van der Waals surface area contributed by atoms with Gasteiger partial charge in [-0.2, -0.15) is 5.26 Å². The largest absolute Gasteiger partial charge is 0.383 e. The van der Waals surface area contributed by atoms with Crippen molar-refractivity contribution in [2.45, 2.75) is 0 Å². The minimum Gasteiger partial charge on any atom is -0.383 e. The van der Waals surface area contributed by atoms with Gasteiger partial charge in [-0.3, -0.25) is 0 Å². The molecule has 0 saturated carbocycles. The summed E-state index contributed by atoms with van der Waals surface area (Å²) in [5, 5.41) is 15.6. The first-order valence-corrected chi connectivity index (χ1v) is 5.69. The molecule has 0 spiro atoms. The van der Waals surface area contributed by atoms with Gasteiger partial charge in [0, 0.05) is 13.7 Å². The van der Waals surface area contributed by atoms with Crippen molar-refractivity contribution in [3.8, 4) is 6.07 Å². The minimum atomic E-state index is 0.444. The summed E-state index contributed by atoms with van der Waals surface area (Å²) in [6, 6.07) is 6.98. The van der Waals surface area contributed by atoms with E-state index in [9.17, 15) is 0 Å². The number of thiocarbonyl (C=S) groups is 1. The van der Waals surface area contributed by atoms with E-state index in [-0.39, 0.29) is 0 Å². The molecule has 2 N–H and O–H groups in total. The fraction of sp³-hybridized carbons (Fsp3) is 0.273. The molecule has 0 amide bonds. The Balaban J connectivity index is 2.61. The van der Waals surface area contributed by atoms with Gasteiger partial charge in [-0.1, -0.05) is 11.6 Å². The van der Waals surface area contributed by atoms with Crippen molar-refractivity contribution in [1.29, 1.82) is 5.26 Å². The van der Waals surface area contributed by atoms with Gasteiger partial charge in [0.15, 0.2) is 5.11 Å². The number of hydrogen-bond acceptors (Lipinski definition) is 3. The van der Waals surface area contributed by atoms with Crippen LogP contribution in [0.4, 0.5) is 5.69 Å². The lowest BCUT2D eigenvalue weighted by molar-refractivity contribution is 0.204. The van der Waals surface area contributed by atoms with Crippen LogP contribution in [-0.2, 0) is 4.74 Å². The highest BCUT2D eigenvalue weighted by Crippen LogP contribution is 2.22. The summed E-state index contributed by atoms with van der Waals surface area (Å²) in [5.41, 5.74) is 1.14. The van der Waals surface area contributed by atoms with Gasteiger partial charge in [0.1, 0.15) is 0 Å². The summed E-state index contributed by atoms with van der Waals surface area (Å²) >= 11 is 11.0. The number of benzene rings is 1. The molecule has 1 rings (SSSR count). The van der Waals surface area contributed by atoms with Crippen LogP contribution >= 0.6 is 23.8 Å². The topological polar surface area (TPSA) is 57.1 Å². The number of hydrogen-bond donors (Lipinski definition) is 2. The maximum atomic E-state index is 8.77. The lowest BCUT2D eigenvalue weighted by Gasteiger charge is -2.11. The molecule has 0 aliphatic carbocycles. The van der Waals surface area contributed by atoms with Crippen molar-refractivity contribution < 1.29 is 4.74 Å². The molecule has 0 radical (unpaired) electrons. The number of rotatable bonds is 4. The third kappa shape index (κ3) is 4.57. The van der Waals surface area contributed by atoms with Gasteiger partial charge in [0.2, 0.25) is 0 Å². The van der Waals surface area contributed by atoms with E-state index >= 15 is 0 Å². The van der Waals surface area contributed by atoms with E-state index in [4.69, 9.17) is 33.8 Å². The van der Waals surface area contributed by atoms with E-state index in [0.717, 1.165) is 0 Å². The second kappa shape index (κ2) is 7.07. The number of nitrogens with zero attached hydrogens (tertiary/aromatic N) is 1. The predicted octanol–water partition coefficient (Wildman–Crippen LogP) is 2.14. The van der Waals surface area contributed by atoms with E-state index in [1.54, 1.807) is 25.3 Å². The first kappa shape index (κ1) is 13.7. The fourth-order valence-corrected chi connectivity index (χ4v) is 1.50. The molecular weight excluding hydrogens is 258 g/mol. The van der Waals surface area contributed by atoms with Crippen LogP contribution in [0.1, 0.15) is 5.56 Å². The molecule has 0 bridgehead atoms. The Kier molecular flexibility index (Phi) is 5.70. The molecule has 0 unspecified atom stereocenters. The lowest BCUT2D eigenvalue weighted by Crippen LogP contribution is -2.31. The van der Waals surface area contributed by atoms with Gasteiger partial charge >= 0.3 is 0 Å². The van der Waals surface area contributed by atoms with E-state index in [1.165, 1.54) is 0 Å². The van der Waals surface area contributed by atoms with E-state index in [2.05, 4.69) is 10.6 Å². The van der Waals surface area contributed by atoms with Gasteiger partial charge in [0.25, 0.3) is 0 Å². The highest BCUT2D eigenvalue weighted by molar-refractivity contribution is 7.80. The molecule has 6 heteroatoms. The first-order chi connectivity index (χ1) is 8.17. The minimum absolute atomic E-state index is 0.444. The summed E-state index contributed by atoms with van der Waals surface area (Å²) in [6.07, 6.45) is 0. The number of nitriles is 1. The normalized spacial score (nSPS) is 9.47. The number of ether oxygens (including phenoxy) is 1. The highest BCUT2D eigenvalue weighted by Gasteiger charge is 2.03. The zero-order chi connectivity index (χ0) is 12.7. The molecular formula is C11H12ClN3OS.